The van der Waals surface area contributed by atoms with Crippen LogP contribution in [0.15, 0.2) is 36.4 Å². The minimum Gasteiger partial charge on any atom is -0.337 e. The van der Waals surface area contributed by atoms with E-state index in [0.717, 1.165) is 44.0 Å². The van der Waals surface area contributed by atoms with Crippen molar-refractivity contribution in [1.82, 2.24) is 14.9 Å². The van der Waals surface area contributed by atoms with Crippen LogP contribution in [0.1, 0.15) is 43.0 Å². The Morgan fingerprint density at radius 1 is 1.20 bits per heavy atom. The largest absolute Gasteiger partial charge is 0.337 e. The summed E-state index contributed by atoms with van der Waals surface area (Å²) in [6, 6.07) is 11.9. The summed E-state index contributed by atoms with van der Waals surface area (Å²) in [6.07, 6.45) is 2.13. The number of hydrogen-bond acceptors (Lipinski definition) is 4. The second-order valence-corrected chi connectivity index (χ2v) is 6.71. The lowest BCUT2D eigenvalue weighted by molar-refractivity contribution is 0.0691. The predicted octanol–water partition coefficient (Wildman–Crippen LogP) is 3.82. The Morgan fingerprint density at radius 3 is 2.52 bits per heavy atom. The van der Waals surface area contributed by atoms with Crippen LogP contribution in [0.2, 0.25) is 0 Å². The van der Waals surface area contributed by atoms with E-state index in [1.165, 1.54) is 0 Å². The van der Waals surface area contributed by atoms with E-state index >= 15 is 0 Å². The van der Waals surface area contributed by atoms with Crippen molar-refractivity contribution >= 4 is 17.4 Å². The third kappa shape index (κ3) is 3.98. The first-order valence-electron chi connectivity index (χ1n) is 9.06. The monoisotopic (exact) mass is 338 g/mol. The highest BCUT2D eigenvalue weighted by Crippen LogP contribution is 2.24. The minimum absolute atomic E-state index is 0.0164. The number of para-hydroxylation sites is 1. The van der Waals surface area contributed by atoms with Crippen LogP contribution >= 0.6 is 0 Å². The number of amides is 1. The molecule has 5 nitrogen and oxygen atoms in total. The Bertz CT molecular complexity index is 724. The van der Waals surface area contributed by atoms with Gasteiger partial charge in [0.2, 0.25) is 0 Å². The van der Waals surface area contributed by atoms with Gasteiger partial charge in [-0.3, -0.25) is 4.79 Å². The number of hydrogen-bond donors (Lipinski definition) is 0. The molecule has 1 fully saturated rings. The van der Waals surface area contributed by atoms with Gasteiger partial charge in [-0.15, -0.1) is 0 Å². The molecular formula is C20H26N4O. The Balaban J connectivity index is 1.88. The van der Waals surface area contributed by atoms with Crippen LogP contribution in [-0.2, 0) is 0 Å². The summed E-state index contributed by atoms with van der Waals surface area (Å²) in [7, 11) is 0. The van der Waals surface area contributed by atoms with Gasteiger partial charge in [-0.2, -0.15) is 0 Å². The molecule has 0 aliphatic carbocycles. The van der Waals surface area contributed by atoms with Gasteiger partial charge in [0, 0.05) is 31.4 Å². The number of carbonyl (C=O) groups excluding carboxylic acids is 1. The Kier molecular flexibility index (Phi) is 5.31. The van der Waals surface area contributed by atoms with Gasteiger partial charge in [-0.05, 0) is 44.7 Å². The predicted molar refractivity (Wildman–Crippen MR) is 100 cm³/mol. The van der Waals surface area contributed by atoms with E-state index in [2.05, 4.69) is 40.8 Å². The molecule has 0 bridgehead atoms. The smallest absolute Gasteiger partial charge is 0.272 e. The second kappa shape index (κ2) is 7.64. The molecule has 25 heavy (non-hydrogen) atoms. The van der Waals surface area contributed by atoms with E-state index < -0.39 is 0 Å². The Labute approximate surface area is 149 Å². The molecular weight excluding hydrogens is 312 g/mol. The van der Waals surface area contributed by atoms with Gasteiger partial charge in [0.25, 0.3) is 5.91 Å². The highest BCUT2D eigenvalue weighted by Gasteiger charge is 2.23. The molecule has 1 aliphatic rings. The van der Waals surface area contributed by atoms with Gasteiger partial charge >= 0.3 is 0 Å². The number of benzene rings is 1. The molecule has 1 amide bonds. The van der Waals surface area contributed by atoms with Crippen molar-refractivity contribution in [2.45, 2.75) is 33.6 Å². The van der Waals surface area contributed by atoms with Crippen LogP contribution in [0.3, 0.4) is 0 Å². The van der Waals surface area contributed by atoms with Crippen molar-refractivity contribution in [2.24, 2.45) is 5.92 Å². The normalized spacial score (nSPS) is 15.2. The van der Waals surface area contributed by atoms with E-state index in [-0.39, 0.29) is 5.91 Å². The molecule has 132 valence electrons. The number of rotatable bonds is 4. The quantitative estimate of drug-likeness (QED) is 0.850. The van der Waals surface area contributed by atoms with E-state index in [1.54, 1.807) is 0 Å². The third-order valence-corrected chi connectivity index (χ3v) is 4.78. The van der Waals surface area contributed by atoms with Crippen molar-refractivity contribution < 1.29 is 4.79 Å². The molecule has 0 N–H and O–H groups in total. The molecule has 0 radical (unpaired) electrons. The summed E-state index contributed by atoms with van der Waals surface area (Å²) < 4.78 is 0. The van der Waals surface area contributed by atoms with Crippen LogP contribution in [0.4, 0.5) is 11.5 Å². The fraction of sp³-hybridized carbons (Fsp3) is 0.450. The number of aromatic nitrogens is 2. The van der Waals surface area contributed by atoms with E-state index in [1.807, 2.05) is 36.1 Å². The molecule has 1 saturated heterocycles. The lowest BCUT2D eigenvalue weighted by atomic mass is 9.99. The van der Waals surface area contributed by atoms with E-state index in [4.69, 9.17) is 0 Å². The van der Waals surface area contributed by atoms with Gasteiger partial charge in [0.1, 0.15) is 17.3 Å². The standard InChI is InChI=1S/C20H26N4O/c1-4-24(17-8-6-5-7-9-17)19-14-18(21-16(3)22-19)20(25)23-12-10-15(2)11-13-23/h5-9,14-15H,4,10-13H2,1-3H3. The lowest BCUT2D eigenvalue weighted by Gasteiger charge is -2.30. The van der Waals surface area contributed by atoms with Crippen LogP contribution in [0.25, 0.3) is 0 Å². The zero-order chi connectivity index (χ0) is 17.8. The molecule has 0 saturated carbocycles. The number of carbonyl (C=O) groups is 1. The highest BCUT2D eigenvalue weighted by molar-refractivity contribution is 5.93. The van der Waals surface area contributed by atoms with Crippen LogP contribution in [0, 0.1) is 12.8 Å². The van der Waals surface area contributed by atoms with Crippen molar-refractivity contribution in [1.29, 1.82) is 0 Å². The summed E-state index contributed by atoms with van der Waals surface area (Å²) in [5.74, 6) is 2.11. The zero-order valence-corrected chi connectivity index (χ0v) is 15.3. The van der Waals surface area contributed by atoms with E-state index in [0.29, 0.717) is 17.4 Å². The Morgan fingerprint density at radius 2 is 1.88 bits per heavy atom. The summed E-state index contributed by atoms with van der Waals surface area (Å²) >= 11 is 0. The number of aryl methyl sites for hydroxylation is 1. The van der Waals surface area contributed by atoms with Crippen molar-refractivity contribution in [2.75, 3.05) is 24.5 Å². The number of nitrogens with zero attached hydrogens (tertiary/aromatic N) is 4. The lowest BCUT2D eigenvalue weighted by Crippen LogP contribution is -2.38. The summed E-state index contributed by atoms with van der Waals surface area (Å²) in [5, 5.41) is 0. The summed E-state index contributed by atoms with van der Waals surface area (Å²) in [4.78, 5) is 25.9. The SMILES string of the molecule is CCN(c1ccccc1)c1cc(C(=O)N2CCC(C)CC2)nc(C)n1. The molecule has 0 unspecified atom stereocenters. The van der Waals surface area contributed by atoms with Gasteiger partial charge in [0.15, 0.2) is 0 Å². The molecule has 1 aromatic heterocycles. The third-order valence-electron chi connectivity index (χ3n) is 4.78. The van der Waals surface area contributed by atoms with E-state index in [9.17, 15) is 4.79 Å². The average Bonchev–Trinajstić information content (AvgIpc) is 2.63. The van der Waals surface area contributed by atoms with Crippen LogP contribution in [0.5, 0.6) is 0 Å². The van der Waals surface area contributed by atoms with Crippen LogP contribution in [-0.4, -0.2) is 40.4 Å². The zero-order valence-electron chi connectivity index (χ0n) is 15.3. The minimum atomic E-state index is 0.0164. The number of piperidine rings is 1. The molecule has 2 aromatic rings. The highest BCUT2D eigenvalue weighted by atomic mass is 16.2. The molecule has 0 spiro atoms. The summed E-state index contributed by atoms with van der Waals surface area (Å²) in [5.41, 5.74) is 1.56. The molecule has 5 heteroatoms. The maximum absolute atomic E-state index is 12.9. The van der Waals surface area contributed by atoms with Crippen LogP contribution < -0.4 is 4.90 Å². The first-order chi connectivity index (χ1) is 12.1. The van der Waals surface area contributed by atoms with Gasteiger partial charge in [-0.25, -0.2) is 9.97 Å². The topological polar surface area (TPSA) is 49.3 Å². The molecule has 3 rings (SSSR count). The van der Waals surface area contributed by atoms with Gasteiger partial charge in [-0.1, -0.05) is 25.1 Å². The van der Waals surface area contributed by atoms with Crippen molar-refractivity contribution in [3.63, 3.8) is 0 Å². The van der Waals surface area contributed by atoms with Gasteiger partial charge < -0.3 is 9.80 Å². The first-order valence-corrected chi connectivity index (χ1v) is 9.06. The second-order valence-electron chi connectivity index (χ2n) is 6.71. The van der Waals surface area contributed by atoms with Gasteiger partial charge in [0.05, 0.1) is 0 Å². The maximum atomic E-state index is 12.9. The number of anilines is 2. The Hall–Kier alpha value is -2.43. The van der Waals surface area contributed by atoms with Crippen molar-refractivity contribution in [3.8, 4) is 0 Å². The molecule has 2 heterocycles. The maximum Gasteiger partial charge on any atom is 0.272 e. The first kappa shape index (κ1) is 17.4. The average molecular weight is 338 g/mol. The van der Waals surface area contributed by atoms with Crippen molar-refractivity contribution in [3.05, 3.63) is 47.9 Å². The molecule has 1 aliphatic heterocycles. The fourth-order valence-corrected chi connectivity index (χ4v) is 3.26. The summed E-state index contributed by atoms with van der Waals surface area (Å²) in [6.45, 7) is 8.57. The molecule has 1 aromatic carbocycles. The fourth-order valence-electron chi connectivity index (χ4n) is 3.26. The number of likely N-dealkylation sites (tertiary alicyclic amines) is 1. The molecule has 0 atom stereocenters.